The first-order chi connectivity index (χ1) is 8.94. The quantitative estimate of drug-likeness (QED) is 0.795. The molecule has 0 heterocycles. The summed E-state index contributed by atoms with van der Waals surface area (Å²) in [5.74, 6) is -1.50. The molecular weight excluding hydrogens is 252 g/mol. The summed E-state index contributed by atoms with van der Waals surface area (Å²) in [6.45, 7) is 1.75. The molecule has 0 aromatic heterocycles. The van der Waals surface area contributed by atoms with Crippen molar-refractivity contribution >= 4 is 5.69 Å². The van der Waals surface area contributed by atoms with E-state index in [2.05, 4.69) is 5.32 Å². The molecule has 0 radical (unpaired) electrons. The highest BCUT2D eigenvalue weighted by Gasteiger charge is 2.09. The number of anilines is 1. The van der Waals surface area contributed by atoms with E-state index in [0.717, 1.165) is 6.07 Å². The topological polar surface area (TPSA) is 52.5 Å². The molecule has 2 rings (SSSR count). The molecule has 0 saturated carbocycles. The van der Waals surface area contributed by atoms with Crippen molar-refractivity contribution in [1.82, 2.24) is 0 Å². The van der Waals surface area contributed by atoms with Crippen LogP contribution in [0.1, 0.15) is 18.5 Å². The Balaban J connectivity index is 2.22. The maximum absolute atomic E-state index is 13.0. The lowest BCUT2D eigenvalue weighted by molar-refractivity contribution is 0.448. The van der Waals surface area contributed by atoms with Crippen LogP contribution in [-0.2, 0) is 0 Å². The van der Waals surface area contributed by atoms with Crippen LogP contribution in [0.4, 0.5) is 14.5 Å². The number of halogens is 2. The first-order valence-electron chi connectivity index (χ1n) is 5.69. The first-order valence-corrected chi connectivity index (χ1v) is 5.69. The fourth-order valence-electron chi connectivity index (χ4n) is 1.84. The molecule has 5 heteroatoms. The third-order valence-electron chi connectivity index (χ3n) is 2.67. The molecule has 0 amide bonds. The normalized spacial score (nSPS) is 12.2. The van der Waals surface area contributed by atoms with Crippen molar-refractivity contribution in [3.05, 3.63) is 53.6 Å². The maximum atomic E-state index is 13.0. The highest BCUT2D eigenvalue weighted by molar-refractivity contribution is 5.47. The van der Waals surface area contributed by atoms with Crippen LogP contribution in [0.2, 0.25) is 0 Å². The van der Waals surface area contributed by atoms with E-state index in [0.29, 0.717) is 5.56 Å². The van der Waals surface area contributed by atoms with Crippen molar-refractivity contribution in [2.45, 2.75) is 13.0 Å². The van der Waals surface area contributed by atoms with Gasteiger partial charge in [0.1, 0.15) is 23.1 Å². The van der Waals surface area contributed by atoms with E-state index >= 15 is 0 Å². The smallest absolute Gasteiger partial charge is 0.128 e. The number of nitrogens with one attached hydrogen (secondary N) is 1. The largest absolute Gasteiger partial charge is 0.508 e. The third-order valence-corrected chi connectivity index (χ3v) is 2.67. The number of rotatable bonds is 3. The molecule has 1 atom stereocenters. The van der Waals surface area contributed by atoms with E-state index in [9.17, 15) is 19.0 Å². The fraction of sp³-hybridized carbons (Fsp3) is 0.143. The van der Waals surface area contributed by atoms with Crippen molar-refractivity contribution < 1.29 is 19.0 Å². The van der Waals surface area contributed by atoms with Gasteiger partial charge in [-0.2, -0.15) is 0 Å². The molecule has 0 aliphatic rings. The minimum atomic E-state index is -0.673. The van der Waals surface area contributed by atoms with E-state index in [-0.39, 0.29) is 23.2 Å². The molecule has 1 unspecified atom stereocenters. The minimum absolute atomic E-state index is 0.0749. The predicted molar refractivity (Wildman–Crippen MR) is 68.2 cm³/mol. The summed E-state index contributed by atoms with van der Waals surface area (Å²) >= 11 is 0. The van der Waals surface area contributed by atoms with E-state index in [4.69, 9.17) is 0 Å². The lowest BCUT2D eigenvalue weighted by Crippen LogP contribution is -2.07. The zero-order valence-electron chi connectivity index (χ0n) is 10.2. The number of phenolic OH excluding ortho intramolecular Hbond substituents is 2. The van der Waals surface area contributed by atoms with Gasteiger partial charge >= 0.3 is 0 Å². The van der Waals surface area contributed by atoms with Gasteiger partial charge in [-0.1, -0.05) is 0 Å². The second-order valence-electron chi connectivity index (χ2n) is 4.31. The summed E-state index contributed by atoms with van der Waals surface area (Å²) in [7, 11) is 0. The SMILES string of the molecule is CC(Nc1cc(F)cc(F)c1)c1cc(O)cc(O)c1. The van der Waals surface area contributed by atoms with Crippen molar-refractivity contribution in [2.24, 2.45) is 0 Å². The van der Waals surface area contributed by atoms with Crippen molar-refractivity contribution in [3.63, 3.8) is 0 Å². The average molecular weight is 265 g/mol. The molecule has 0 bridgehead atoms. The Kier molecular flexibility index (Phi) is 3.55. The lowest BCUT2D eigenvalue weighted by atomic mass is 10.1. The second kappa shape index (κ2) is 5.14. The summed E-state index contributed by atoms with van der Waals surface area (Å²) in [4.78, 5) is 0. The van der Waals surface area contributed by atoms with Crippen LogP contribution in [0.5, 0.6) is 11.5 Å². The van der Waals surface area contributed by atoms with Gasteiger partial charge in [0.05, 0.1) is 0 Å². The Morgan fingerprint density at radius 3 is 1.95 bits per heavy atom. The van der Waals surface area contributed by atoms with Crippen LogP contribution in [0, 0.1) is 11.6 Å². The van der Waals surface area contributed by atoms with Crippen molar-refractivity contribution in [1.29, 1.82) is 0 Å². The zero-order chi connectivity index (χ0) is 14.0. The second-order valence-corrected chi connectivity index (χ2v) is 4.31. The number of aromatic hydroxyl groups is 2. The van der Waals surface area contributed by atoms with E-state index in [1.807, 2.05) is 0 Å². The van der Waals surface area contributed by atoms with E-state index < -0.39 is 11.6 Å². The van der Waals surface area contributed by atoms with Crippen LogP contribution in [0.15, 0.2) is 36.4 Å². The van der Waals surface area contributed by atoms with Gasteiger partial charge in [-0.3, -0.25) is 0 Å². The summed E-state index contributed by atoms with van der Waals surface area (Å²) in [6, 6.07) is 6.93. The molecule has 0 aliphatic heterocycles. The molecule has 100 valence electrons. The summed E-state index contributed by atoms with van der Waals surface area (Å²) in [5, 5.41) is 21.7. The van der Waals surface area contributed by atoms with E-state index in [1.54, 1.807) is 6.92 Å². The lowest BCUT2D eigenvalue weighted by Gasteiger charge is -2.16. The zero-order valence-corrected chi connectivity index (χ0v) is 10.2. The minimum Gasteiger partial charge on any atom is -0.508 e. The maximum Gasteiger partial charge on any atom is 0.128 e. The molecular formula is C14H13F2NO2. The van der Waals surface area contributed by atoms with Crippen LogP contribution < -0.4 is 5.32 Å². The molecule has 19 heavy (non-hydrogen) atoms. The molecule has 0 aliphatic carbocycles. The Hall–Kier alpha value is -2.30. The Bertz CT molecular complexity index is 561. The van der Waals surface area contributed by atoms with Crippen LogP contribution in [0.25, 0.3) is 0 Å². The average Bonchev–Trinajstić information content (AvgIpc) is 2.25. The summed E-state index contributed by atoms with van der Waals surface area (Å²) in [6.07, 6.45) is 0. The molecule has 3 N–H and O–H groups in total. The van der Waals surface area contributed by atoms with Crippen LogP contribution in [-0.4, -0.2) is 10.2 Å². The van der Waals surface area contributed by atoms with Crippen molar-refractivity contribution in [2.75, 3.05) is 5.32 Å². The first kappa shape index (κ1) is 13.1. The third kappa shape index (κ3) is 3.34. The molecule has 0 saturated heterocycles. The molecule has 2 aromatic rings. The Morgan fingerprint density at radius 1 is 0.895 bits per heavy atom. The highest BCUT2D eigenvalue weighted by atomic mass is 19.1. The highest BCUT2D eigenvalue weighted by Crippen LogP contribution is 2.27. The number of phenols is 2. The van der Waals surface area contributed by atoms with Gasteiger partial charge in [0.2, 0.25) is 0 Å². The Labute approximate surface area is 109 Å². The van der Waals surface area contributed by atoms with Gasteiger partial charge in [-0.05, 0) is 36.8 Å². The van der Waals surface area contributed by atoms with Gasteiger partial charge in [-0.15, -0.1) is 0 Å². The van der Waals surface area contributed by atoms with Gasteiger partial charge in [0, 0.05) is 23.9 Å². The predicted octanol–water partition coefficient (Wildman–Crippen LogP) is 3.55. The van der Waals surface area contributed by atoms with Gasteiger partial charge in [-0.25, -0.2) is 8.78 Å². The number of benzene rings is 2. The fourth-order valence-corrected chi connectivity index (χ4v) is 1.84. The molecule has 2 aromatic carbocycles. The van der Waals surface area contributed by atoms with Crippen LogP contribution >= 0.6 is 0 Å². The summed E-state index contributed by atoms with van der Waals surface area (Å²) in [5.41, 5.74) is 0.884. The van der Waals surface area contributed by atoms with Crippen LogP contribution in [0.3, 0.4) is 0 Å². The molecule has 0 spiro atoms. The summed E-state index contributed by atoms with van der Waals surface area (Å²) < 4.78 is 26.1. The molecule has 3 nitrogen and oxygen atoms in total. The van der Waals surface area contributed by atoms with Gasteiger partial charge in [0.15, 0.2) is 0 Å². The number of hydrogen-bond donors (Lipinski definition) is 3. The Morgan fingerprint density at radius 2 is 1.42 bits per heavy atom. The monoisotopic (exact) mass is 265 g/mol. The van der Waals surface area contributed by atoms with Gasteiger partial charge < -0.3 is 15.5 Å². The van der Waals surface area contributed by atoms with Crippen molar-refractivity contribution in [3.8, 4) is 11.5 Å². The standard InChI is InChI=1S/C14H13F2NO2/c1-8(9-2-13(18)7-14(19)3-9)17-12-5-10(15)4-11(16)6-12/h2-8,17-19H,1H3. The van der Waals surface area contributed by atoms with E-state index in [1.165, 1.54) is 30.3 Å². The molecule has 0 fully saturated rings. The van der Waals surface area contributed by atoms with Gasteiger partial charge in [0.25, 0.3) is 0 Å². The number of hydrogen-bond acceptors (Lipinski definition) is 3.